The Morgan fingerprint density at radius 1 is 1.17 bits per heavy atom. The second-order valence-electron chi connectivity index (χ2n) is 7.42. The van der Waals surface area contributed by atoms with Gasteiger partial charge in [-0.3, -0.25) is 9.52 Å². The van der Waals surface area contributed by atoms with Crippen LogP contribution in [0.15, 0.2) is 41.5 Å². The maximum atomic E-state index is 12.8. The van der Waals surface area contributed by atoms with E-state index in [1.807, 2.05) is 20.8 Å². The Kier molecular flexibility index (Phi) is 6.41. The smallest absolute Gasteiger partial charge is 0.255 e. The zero-order chi connectivity index (χ0) is 21.8. The van der Waals surface area contributed by atoms with Gasteiger partial charge in [0.2, 0.25) is 10.0 Å². The second-order valence-corrected chi connectivity index (χ2v) is 9.17. The van der Waals surface area contributed by atoms with Crippen molar-refractivity contribution in [3.63, 3.8) is 0 Å². The van der Waals surface area contributed by atoms with Gasteiger partial charge >= 0.3 is 0 Å². The molecule has 0 aliphatic heterocycles. The quantitative estimate of drug-likeness (QED) is 0.405. The lowest BCUT2D eigenvalue weighted by atomic mass is 9.86. The number of sulfonamides is 1. The van der Waals surface area contributed by atoms with Gasteiger partial charge in [0.05, 0.1) is 24.7 Å². The summed E-state index contributed by atoms with van der Waals surface area (Å²) in [4.78, 5) is 15.5. The lowest BCUT2D eigenvalue weighted by Gasteiger charge is -2.24. The Balaban J connectivity index is 2.55. The van der Waals surface area contributed by atoms with E-state index in [4.69, 9.17) is 10.3 Å². The summed E-state index contributed by atoms with van der Waals surface area (Å²) in [6.07, 6.45) is 1.04. The van der Waals surface area contributed by atoms with Gasteiger partial charge in [-0.15, -0.1) is 0 Å². The molecule has 2 N–H and O–H groups in total. The number of carbonyl (C=O) groups excluding carboxylic acids is 1. The van der Waals surface area contributed by atoms with Crippen LogP contribution < -0.4 is 14.8 Å². The molecule has 2 aromatic carbocycles. The maximum absolute atomic E-state index is 12.8. The first kappa shape index (κ1) is 22.1. The SMILES string of the molecule is COc1c(NC(=O)c2cccc(N=[N+]=[N-])c2)cc(C(C)(C)C)cc1NS(C)(=O)=O. The third-order valence-corrected chi connectivity index (χ3v) is 4.56. The van der Waals surface area contributed by atoms with E-state index < -0.39 is 15.9 Å². The van der Waals surface area contributed by atoms with Crippen LogP contribution in [0.4, 0.5) is 17.1 Å². The van der Waals surface area contributed by atoms with E-state index in [1.54, 1.807) is 30.3 Å². The molecule has 2 rings (SSSR count). The average molecular weight is 417 g/mol. The molecular weight excluding hydrogens is 394 g/mol. The number of ether oxygens (including phenoxy) is 1. The number of benzene rings is 2. The van der Waals surface area contributed by atoms with E-state index in [9.17, 15) is 13.2 Å². The van der Waals surface area contributed by atoms with Crippen molar-refractivity contribution in [2.45, 2.75) is 26.2 Å². The first-order valence-corrected chi connectivity index (χ1v) is 10.5. The Morgan fingerprint density at radius 3 is 2.38 bits per heavy atom. The van der Waals surface area contributed by atoms with Crippen LogP contribution in [0.25, 0.3) is 10.4 Å². The van der Waals surface area contributed by atoms with Crippen molar-refractivity contribution in [3.8, 4) is 5.75 Å². The van der Waals surface area contributed by atoms with E-state index in [0.717, 1.165) is 11.8 Å². The van der Waals surface area contributed by atoms with Crippen LogP contribution in [0.1, 0.15) is 36.7 Å². The zero-order valence-electron chi connectivity index (χ0n) is 16.8. The standard InChI is InChI=1S/C19H23N5O4S/c1-19(2,3)13-10-15(17(28-4)16(11-13)23-29(5,26)27)21-18(25)12-7-6-8-14(9-12)22-24-20/h6-11,23H,1-5H3,(H,21,25). The van der Waals surface area contributed by atoms with Crippen molar-refractivity contribution < 1.29 is 17.9 Å². The third-order valence-electron chi connectivity index (χ3n) is 3.97. The minimum absolute atomic E-state index is 0.183. The Hall–Kier alpha value is -3.23. The predicted octanol–water partition coefficient (Wildman–Crippen LogP) is 4.56. The van der Waals surface area contributed by atoms with Gasteiger partial charge in [-0.1, -0.05) is 38.0 Å². The van der Waals surface area contributed by atoms with Gasteiger partial charge in [0.25, 0.3) is 5.91 Å². The van der Waals surface area contributed by atoms with E-state index in [1.165, 1.54) is 13.2 Å². The number of anilines is 2. The molecule has 0 fully saturated rings. The first-order chi connectivity index (χ1) is 13.4. The van der Waals surface area contributed by atoms with Crippen molar-refractivity contribution in [2.75, 3.05) is 23.4 Å². The van der Waals surface area contributed by atoms with E-state index in [-0.39, 0.29) is 22.4 Å². The molecule has 0 heterocycles. The monoisotopic (exact) mass is 417 g/mol. The molecule has 0 unspecified atom stereocenters. The fourth-order valence-corrected chi connectivity index (χ4v) is 3.16. The molecule has 0 spiro atoms. The van der Waals surface area contributed by atoms with Gasteiger partial charge in [0.15, 0.2) is 5.75 Å². The number of amides is 1. The van der Waals surface area contributed by atoms with Crippen LogP contribution in [0.5, 0.6) is 5.75 Å². The van der Waals surface area contributed by atoms with Gasteiger partial charge in [-0.05, 0) is 40.8 Å². The fraction of sp³-hybridized carbons (Fsp3) is 0.316. The zero-order valence-corrected chi connectivity index (χ0v) is 17.7. The third kappa shape index (κ3) is 5.87. The topological polar surface area (TPSA) is 133 Å². The number of hydrogen-bond donors (Lipinski definition) is 2. The van der Waals surface area contributed by atoms with Crippen LogP contribution >= 0.6 is 0 Å². The molecule has 2 aromatic rings. The molecule has 0 atom stereocenters. The van der Waals surface area contributed by atoms with Gasteiger partial charge in [0, 0.05) is 16.2 Å². The van der Waals surface area contributed by atoms with Crippen LogP contribution in [-0.2, 0) is 15.4 Å². The minimum atomic E-state index is -3.57. The number of hydrogen-bond acceptors (Lipinski definition) is 5. The summed E-state index contributed by atoms with van der Waals surface area (Å²) < 4.78 is 31.4. The summed E-state index contributed by atoms with van der Waals surface area (Å²) in [6.45, 7) is 5.90. The molecule has 0 saturated carbocycles. The molecule has 0 saturated heterocycles. The molecule has 10 heteroatoms. The van der Waals surface area contributed by atoms with E-state index >= 15 is 0 Å². The predicted molar refractivity (Wildman–Crippen MR) is 113 cm³/mol. The summed E-state index contributed by atoms with van der Waals surface area (Å²) >= 11 is 0. The van der Waals surface area contributed by atoms with Crippen molar-refractivity contribution in [3.05, 3.63) is 58.0 Å². The minimum Gasteiger partial charge on any atom is -0.492 e. The molecule has 0 bridgehead atoms. The summed E-state index contributed by atoms with van der Waals surface area (Å²) in [5.41, 5.74) is 10.2. The summed E-state index contributed by atoms with van der Waals surface area (Å²) in [5.74, 6) is -0.280. The average Bonchev–Trinajstić information content (AvgIpc) is 2.60. The molecule has 1 amide bonds. The highest BCUT2D eigenvalue weighted by Gasteiger charge is 2.22. The normalized spacial score (nSPS) is 11.3. The molecule has 0 aromatic heterocycles. The lowest BCUT2D eigenvalue weighted by Crippen LogP contribution is -2.18. The largest absolute Gasteiger partial charge is 0.492 e. The van der Waals surface area contributed by atoms with E-state index in [0.29, 0.717) is 11.4 Å². The molecule has 154 valence electrons. The van der Waals surface area contributed by atoms with Crippen LogP contribution in [0.3, 0.4) is 0 Å². The number of methoxy groups -OCH3 is 1. The molecule has 0 aliphatic carbocycles. The van der Waals surface area contributed by atoms with Gasteiger partial charge < -0.3 is 10.1 Å². The van der Waals surface area contributed by atoms with Gasteiger partial charge in [-0.25, -0.2) is 8.42 Å². The second kappa shape index (κ2) is 8.42. The number of nitrogens with zero attached hydrogens (tertiary/aromatic N) is 3. The number of carbonyl (C=O) groups is 1. The Morgan fingerprint density at radius 2 is 1.83 bits per heavy atom. The summed E-state index contributed by atoms with van der Waals surface area (Å²) in [7, 11) is -2.18. The molecule has 29 heavy (non-hydrogen) atoms. The van der Waals surface area contributed by atoms with Crippen LogP contribution in [0.2, 0.25) is 0 Å². The van der Waals surface area contributed by atoms with Gasteiger partial charge in [-0.2, -0.15) is 0 Å². The number of nitrogens with one attached hydrogen (secondary N) is 2. The highest BCUT2D eigenvalue weighted by atomic mass is 32.2. The van der Waals surface area contributed by atoms with Crippen molar-refractivity contribution in [2.24, 2.45) is 5.11 Å². The fourth-order valence-electron chi connectivity index (χ4n) is 2.61. The molecule has 9 nitrogen and oxygen atoms in total. The van der Waals surface area contributed by atoms with Crippen molar-refractivity contribution in [1.29, 1.82) is 0 Å². The highest BCUT2D eigenvalue weighted by Crippen LogP contribution is 2.39. The number of rotatable bonds is 6. The Labute approximate surface area is 169 Å². The number of azide groups is 1. The summed E-state index contributed by atoms with van der Waals surface area (Å²) in [6, 6.07) is 9.61. The van der Waals surface area contributed by atoms with E-state index in [2.05, 4.69) is 20.1 Å². The molecule has 0 aliphatic rings. The maximum Gasteiger partial charge on any atom is 0.255 e. The summed E-state index contributed by atoms with van der Waals surface area (Å²) in [5, 5.41) is 6.24. The van der Waals surface area contributed by atoms with Crippen molar-refractivity contribution in [1.82, 2.24) is 0 Å². The molecular formula is C19H23N5O4S. The van der Waals surface area contributed by atoms with Crippen LogP contribution in [0, 0.1) is 0 Å². The van der Waals surface area contributed by atoms with Crippen molar-refractivity contribution >= 4 is 33.0 Å². The van der Waals surface area contributed by atoms with Crippen LogP contribution in [-0.4, -0.2) is 27.7 Å². The van der Waals surface area contributed by atoms with Gasteiger partial charge in [0.1, 0.15) is 0 Å². The lowest BCUT2D eigenvalue weighted by molar-refractivity contribution is 0.102. The Bertz CT molecular complexity index is 1080. The first-order valence-electron chi connectivity index (χ1n) is 8.61. The molecule has 0 radical (unpaired) electrons. The highest BCUT2D eigenvalue weighted by molar-refractivity contribution is 7.92.